The van der Waals surface area contributed by atoms with Gasteiger partial charge in [-0.25, -0.2) is 4.39 Å². The van der Waals surface area contributed by atoms with Crippen LogP contribution in [0.3, 0.4) is 0 Å². The molecule has 1 aromatic rings. The van der Waals surface area contributed by atoms with E-state index in [1.807, 2.05) is 0 Å². The summed E-state index contributed by atoms with van der Waals surface area (Å²) in [5, 5.41) is 3.54. The lowest BCUT2D eigenvalue weighted by atomic mass is 9.84. The molecule has 0 bridgehead atoms. The third-order valence-corrected chi connectivity index (χ3v) is 4.75. The van der Waals surface area contributed by atoms with Crippen LogP contribution in [0.1, 0.15) is 44.6 Å². The van der Waals surface area contributed by atoms with Gasteiger partial charge >= 0.3 is 0 Å². The van der Waals surface area contributed by atoms with Crippen LogP contribution in [-0.4, -0.2) is 6.04 Å². The lowest BCUT2D eigenvalue weighted by Crippen LogP contribution is -2.34. The van der Waals surface area contributed by atoms with E-state index in [0.29, 0.717) is 6.04 Å². The van der Waals surface area contributed by atoms with E-state index >= 15 is 0 Å². The Labute approximate surface area is 117 Å². The smallest absolute Gasteiger partial charge is 0.123 e. The first-order valence-electron chi connectivity index (χ1n) is 6.84. The van der Waals surface area contributed by atoms with Crippen molar-refractivity contribution in [2.45, 2.75) is 51.6 Å². The Bertz CT molecular complexity index is 388. The van der Waals surface area contributed by atoms with E-state index in [-0.39, 0.29) is 5.82 Å². The minimum atomic E-state index is -0.166. The second kappa shape index (κ2) is 6.67. The Morgan fingerprint density at radius 1 is 1.33 bits per heavy atom. The van der Waals surface area contributed by atoms with Crippen molar-refractivity contribution in [1.82, 2.24) is 5.32 Å². The molecule has 0 aromatic heterocycles. The number of hydrogen-bond acceptors (Lipinski definition) is 1. The molecular weight excluding hydrogens is 293 g/mol. The number of rotatable bonds is 4. The van der Waals surface area contributed by atoms with E-state index in [9.17, 15) is 4.39 Å². The van der Waals surface area contributed by atoms with Crippen LogP contribution < -0.4 is 5.32 Å². The third kappa shape index (κ3) is 3.79. The molecule has 1 aliphatic carbocycles. The zero-order chi connectivity index (χ0) is 13.0. The maximum atomic E-state index is 13.2. The molecule has 1 saturated carbocycles. The first-order valence-corrected chi connectivity index (χ1v) is 7.63. The third-order valence-electron chi connectivity index (χ3n) is 3.98. The van der Waals surface area contributed by atoms with Gasteiger partial charge in [-0.15, -0.1) is 0 Å². The van der Waals surface area contributed by atoms with Gasteiger partial charge in [-0.2, -0.15) is 0 Å². The average molecular weight is 314 g/mol. The Hall–Kier alpha value is -0.410. The fourth-order valence-corrected chi connectivity index (χ4v) is 3.14. The summed E-state index contributed by atoms with van der Waals surface area (Å²) in [6.45, 7) is 2.99. The lowest BCUT2D eigenvalue weighted by molar-refractivity contribution is 0.280. The molecule has 18 heavy (non-hydrogen) atoms. The van der Waals surface area contributed by atoms with Crippen LogP contribution in [0.15, 0.2) is 22.7 Å². The zero-order valence-electron chi connectivity index (χ0n) is 10.9. The quantitative estimate of drug-likeness (QED) is 0.853. The van der Waals surface area contributed by atoms with Crippen LogP contribution in [-0.2, 0) is 6.54 Å². The monoisotopic (exact) mass is 313 g/mol. The standard InChI is InChI=1S/C15H21BrFN/c1-11(12-5-3-2-4-6-12)18-10-13-9-14(17)7-8-15(13)16/h7-9,11-12,18H,2-6,10H2,1H3. The van der Waals surface area contributed by atoms with Gasteiger partial charge in [0.15, 0.2) is 0 Å². The summed E-state index contributed by atoms with van der Waals surface area (Å²) < 4.78 is 14.2. The molecule has 0 spiro atoms. The van der Waals surface area contributed by atoms with Crippen LogP contribution in [0.5, 0.6) is 0 Å². The predicted molar refractivity (Wildman–Crippen MR) is 77.0 cm³/mol. The van der Waals surface area contributed by atoms with Crippen molar-refractivity contribution in [1.29, 1.82) is 0 Å². The van der Waals surface area contributed by atoms with E-state index in [1.165, 1.54) is 38.2 Å². The molecule has 0 aliphatic heterocycles. The van der Waals surface area contributed by atoms with Crippen LogP contribution in [0, 0.1) is 11.7 Å². The summed E-state index contributed by atoms with van der Waals surface area (Å²) in [6.07, 6.45) is 6.77. The summed E-state index contributed by atoms with van der Waals surface area (Å²) in [4.78, 5) is 0. The molecule has 1 atom stereocenters. The average Bonchev–Trinajstić information content (AvgIpc) is 2.40. The minimum Gasteiger partial charge on any atom is -0.310 e. The molecule has 1 aliphatic rings. The fraction of sp³-hybridized carbons (Fsp3) is 0.600. The molecule has 0 radical (unpaired) electrons. The lowest BCUT2D eigenvalue weighted by Gasteiger charge is -2.28. The van der Waals surface area contributed by atoms with Crippen LogP contribution in [0.2, 0.25) is 0 Å². The number of benzene rings is 1. The summed E-state index contributed by atoms with van der Waals surface area (Å²) in [7, 11) is 0. The Morgan fingerprint density at radius 2 is 2.06 bits per heavy atom. The molecule has 1 fully saturated rings. The van der Waals surface area contributed by atoms with Crippen molar-refractivity contribution < 1.29 is 4.39 Å². The Kier molecular flexibility index (Phi) is 5.19. The highest BCUT2D eigenvalue weighted by Gasteiger charge is 2.19. The van der Waals surface area contributed by atoms with Gasteiger partial charge in [0.05, 0.1) is 0 Å². The molecule has 1 unspecified atom stereocenters. The van der Waals surface area contributed by atoms with Crippen molar-refractivity contribution in [2.24, 2.45) is 5.92 Å². The molecule has 1 N–H and O–H groups in total. The molecule has 1 aromatic carbocycles. The van der Waals surface area contributed by atoms with Crippen molar-refractivity contribution in [2.75, 3.05) is 0 Å². The summed E-state index contributed by atoms with van der Waals surface area (Å²) >= 11 is 3.47. The van der Waals surface area contributed by atoms with E-state index in [2.05, 4.69) is 28.2 Å². The summed E-state index contributed by atoms with van der Waals surface area (Å²) in [6, 6.07) is 5.38. The normalized spacial score (nSPS) is 18.8. The highest BCUT2D eigenvalue weighted by atomic mass is 79.9. The first-order chi connectivity index (χ1) is 8.66. The van der Waals surface area contributed by atoms with Crippen LogP contribution >= 0.6 is 15.9 Å². The van der Waals surface area contributed by atoms with E-state index in [0.717, 1.165) is 22.5 Å². The van der Waals surface area contributed by atoms with Gasteiger partial charge in [0, 0.05) is 17.1 Å². The summed E-state index contributed by atoms with van der Waals surface area (Å²) in [5.74, 6) is 0.617. The molecule has 1 nitrogen and oxygen atoms in total. The molecule has 3 heteroatoms. The number of hydrogen-bond donors (Lipinski definition) is 1. The molecule has 0 saturated heterocycles. The van der Waals surface area contributed by atoms with E-state index in [1.54, 1.807) is 12.1 Å². The van der Waals surface area contributed by atoms with Gasteiger partial charge in [-0.05, 0) is 49.4 Å². The van der Waals surface area contributed by atoms with Crippen LogP contribution in [0.4, 0.5) is 4.39 Å². The Balaban J connectivity index is 1.88. The summed E-state index contributed by atoms with van der Waals surface area (Å²) in [5.41, 5.74) is 0.998. The predicted octanol–water partition coefficient (Wildman–Crippen LogP) is 4.65. The van der Waals surface area contributed by atoms with Gasteiger partial charge in [0.1, 0.15) is 5.82 Å². The minimum absolute atomic E-state index is 0.166. The zero-order valence-corrected chi connectivity index (χ0v) is 12.5. The molecule has 0 heterocycles. The highest BCUT2D eigenvalue weighted by molar-refractivity contribution is 9.10. The van der Waals surface area contributed by atoms with Crippen molar-refractivity contribution in [3.05, 3.63) is 34.1 Å². The Morgan fingerprint density at radius 3 is 2.78 bits per heavy atom. The second-order valence-corrected chi connectivity index (χ2v) is 6.16. The van der Waals surface area contributed by atoms with Crippen molar-refractivity contribution in [3.8, 4) is 0 Å². The fourth-order valence-electron chi connectivity index (χ4n) is 2.75. The molecule has 100 valence electrons. The van der Waals surface area contributed by atoms with Crippen molar-refractivity contribution >= 4 is 15.9 Å². The van der Waals surface area contributed by atoms with Gasteiger partial charge in [-0.1, -0.05) is 35.2 Å². The van der Waals surface area contributed by atoms with E-state index < -0.39 is 0 Å². The molecular formula is C15H21BrFN. The topological polar surface area (TPSA) is 12.0 Å². The molecule has 0 amide bonds. The highest BCUT2D eigenvalue weighted by Crippen LogP contribution is 2.26. The van der Waals surface area contributed by atoms with Gasteiger partial charge < -0.3 is 5.32 Å². The maximum absolute atomic E-state index is 13.2. The maximum Gasteiger partial charge on any atom is 0.123 e. The molecule has 2 rings (SSSR count). The number of halogens is 2. The van der Waals surface area contributed by atoms with Crippen molar-refractivity contribution in [3.63, 3.8) is 0 Å². The largest absolute Gasteiger partial charge is 0.310 e. The first kappa shape index (κ1) is 14.0. The van der Waals surface area contributed by atoms with E-state index in [4.69, 9.17) is 0 Å². The SMILES string of the molecule is CC(NCc1cc(F)ccc1Br)C1CCCCC1. The van der Waals surface area contributed by atoms with Gasteiger partial charge in [0.25, 0.3) is 0 Å². The van der Waals surface area contributed by atoms with Crippen LogP contribution in [0.25, 0.3) is 0 Å². The number of nitrogens with one attached hydrogen (secondary N) is 1. The van der Waals surface area contributed by atoms with Gasteiger partial charge in [-0.3, -0.25) is 0 Å². The van der Waals surface area contributed by atoms with Gasteiger partial charge in [0.2, 0.25) is 0 Å². The second-order valence-electron chi connectivity index (χ2n) is 5.30.